The number of thiophene rings is 1. The predicted octanol–water partition coefficient (Wildman–Crippen LogP) is 2.97. The van der Waals surface area contributed by atoms with Crippen LogP contribution in [0.15, 0.2) is 29.6 Å². The Hall–Kier alpha value is -1.39. The molecule has 4 bridgehead atoms. The lowest BCUT2D eigenvalue weighted by Gasteiger charge is -2.55. The van der Waals surface area contributed by atoms with Crippen molar-refractivity contribution >= 4 is 27.3 Å². The second-order valence-corrected chi connectivity index (χ2v) is 8.20. The molecule has 4 aliphatic rings. The minimum absolute atomic E-state index is 0.112. The van der Waals surface area contributed by atoms with Crippen LogP contribution in [0.3, 0.4) is 0 Å². The highest BCUT2D eigenvalue weighted by Crippen LogP contribution is 2.43. The molecule has 4 fully saturated rings. The summed E-state index contributed by atoms with van der Waals surface area (Å²) in [6, 6.07) is 8.54. The van der Waals surface area contributed by atoms with Gasteiger partial charge in [0.1, 0.15) is 0 Å². The summed E-state index contributed by atoms with van der Waals surface area (Å²) in [4.78, 5) is 15.3. The number of fused-ring (bicyclic) bond motifs is 1. The molecule has 2 atom stereocenters. The van der Waals surface area contributed by atoms with Gasteiger partial charge in [0, 0.05) is 35.9 Å². The van der Waals surface area contributed by atoms with E-state index in [9.17, 15) is 4.79 Å². The van der Waals surface area contributed by atoms with E-state index in [1.165, 1.54) is 42.6 Å². The second-order valence-electron chi connectivity index (χ2n) is 7.25. The van der Waals surface area contributed by atoms with Gasteiger partial charge in [-0.2, -0.15) is 0 Å². The SMILES string of the molecule is O=C(NC1[C@H]2CC3C[C@H]1CN(C3)C2)c1ccc2sccc2c1. The van der Waals surface area contributed by atoms with Crippen molar-refractivity contribution in [2.24, 2.45) is 17.8 Å². The van der Waals surface area contributed by atoms with E-state index in [-0.39, 0.29) is 5.91 Å². The third kappa shape index (κ3) is 2.01. The number of benzene rings is 1. The van der Waals surface area contributed by atoms with Gasteiger partial charge in [0.15, 0.2) is 0 Å². The molecule has 3 nitrogen and oxygen atoms in total. The van der Waals surface area contributed by atoms with Crippen LogP contribution in [0.5, 0.6) is 0 Å². The van der Waals surface area contributed by atoms with Gasteiger partial charge in [-0.05, 0) is 65.6 Å². The van der Waals surface area contributed by atoms with Crippen LogP contribution in [0.4, 0.5) is 0 Å². The van der Waals surface area contributed by atoms with Gasteiger partial charge in [-0.3, -0.25) is 4.79 Å². The molecule has 0 unspecified atom stereocenters. The molecule has 2 aromatic rings. The molecule has 1 aromatic carbocycles. The first-order valence-electron chi connectivity index (χ1n) is 8.27. The largest absolute Gasteiger partial charge is 0.349 e. The predicted molar refractivity (Wildman–Crippen MR) is 89.2 cm³/mol. The molecule has 1 saturated carbocycles. The molecule has 6 rings (SSSR count). The number of amides is 1. The molecule has 22 heavy (non-hydrogen) atoms. The molecule has 3 aliphatic heterocycles. The molecular formula is C18H20N2OS. The van der Waals surface area contributed by atoms with Gasteiger partial charge in [0.05, 0.1) is 0 Å². The maximum atomic E-state index is 12.7. The topological polar surface area (TPSA) is 32.3 Å². The van der Waals surface area contributed by atoms with Gasteiger partial charge in [-0.15, -0.1) is 11.3 Å². The zero-order valence-electron chi connectivity index (χ0n) is 12.5. The first-order valence-corrected chi connectivity index (χ1v) is 9.15. The molecule has 1 aromatic heterocycles. The fourth-order valence-electron chi connectivity index (χ4n) is 4.99. The highest BCUT2D eigenvalue weighted by Gasteiger charge is 2.47. The van der Waals surface area contributed by atoms with Gasteiger partial charge in [0.25, 0.3) is 5.91 Å². The molecule has 1 N–H and O–H groups in total. The normalized spacial score (nSPS) is 35.9. The van der Waals surface area contributed by atoms with Gasteiger partial charge in [-0.1, -0.05) is 0 Å². The summed E-state index contributed by atoms with van der Waals surface area (Å²) in [6.45, 7) is 3.66. The summed E-state index contributed by atoms with van der Waals surface area (Å²) < 4.78 is 1.25. The fraction of sp³-hybridized carbons (Fsp3) is 0.500. The Morgan fingerprint density at radius 1 is 1.14 bits per heavy atom. The number of hydrogen-bond acceptors (Lipinski definition) is 3. The van der Waals surface area contributed by atoms with Crippen molar-refractivity contribution < 1.29 is 4.79 Å². The quantitative estimate of drug-likeness (QED) is 0.924. The van der Waals surface area contributed by atoms with Crippen LogP contribution in [0.2, 0.25) is 0 Å². The van der Waals surface area contributed by atoms with Crippen LogP contribution in [0, 0.1) is 17.8 Å². The van der Waals surface area contributed by atoms with Gasteiger partial charge < -0.3 is 10.2 Å². The number of nitrogens with one attached hydrogen (secondary N) is 1. The van der Waals surface area contributed by atoms with E-state index in [1.807, 2.05) is 12.1 Å². The monoisotopic (exact) mass is 312 g/mol. The first-order chi connectivity index (χ1) is 10.8. The van der Waals surface area contributed by atoms with Crippen molar-refractivity contribution in [1.82, 2.24) is 10.2 Å². The Morgan fingerprint density at radius 2 is 1.95 bits per heavy atom. The van der Waals surface area contributed by atoms with E-state index < -0.39 is 0 Å². The van der Waals surface area contributed by atoms with E-state index in [0.29, 0.717) is 17.9 Å². The maximum absolute atomic E-state index is 12.7. The molecule has 114 valence electrons. The lowest BCUT2D eigenvalue weighted by Crippen LogP contribution is -2.64. The van der Waals surface area contributed by atoms with Crippen molar-refractivity contribution in [2.45, 2.75) is 18.9 Å². The van der Waals surface area contributed by atoms with E-state index >= 15 is 0 Å². The second kappa shape index (κ2) is 4.80. The number of rotatable bonds is 2. The van der Waals surface area contributed by atoms with Crippen molar-refractivity contribution in [2.75, 3.05) is 19.6 Å². The zero-order valence-corrected chi connectivity index (χ0v) is 13.3. The zero-order chi connectivity index (χ0) is 14.7. The van der Waals surface area contributed by atoms with Gasteiger partial charge in [0.2, 0.25) is 0 Å². The van der Waals surface area contributed by atoms with Crippen LogP contribution in [0.25, 0.3) is 10.1 Å². The number of hydrogen-bond donors (Lipinski definition) is 1. The van der Waals surface area contributed by atoms with Crippen LogP contribution in [-0.4, -0.2) is 36.5 Å². The van der Waals surface area contributed by atoms with Crippen LogP contribution in [-0.2, 0) is 0 Å². The first kappa shape index (κ1) is 13.1. The van der Waals surface area contributed by atoms with Gasteiger partial charge >= 0.3 is 0 Å². The Balaban J connectivity index is 1.38. The average molecular weight is 312 g/mol. The molecule has 0 radical (unpaired) electrons. The van der Waals surface area contributed by atoms with Crippen molar-refractivity contribution in [1.29, 1.82) is 0 Å². The van der Waals surface area contributed by atoms with E-state index in [1.54, 1.807) is 11.3 Å². The highest BCUT2D eigenvalue weighted by molar-refractivity contribution is 7.17. The van der Waals surface area contributed by atoms with E-state index in [2.05, 4.69) is 27.7 Å². The highest BCUT2D eigenvalue weighted by atomic mass is 32.1. The molecule has 4 heterocycles. The van der Waals surface area contributed by atoms with Crippen LogP contribution < -0.4 is 5.32 Å². The minimum Gasteiger partial charge on any atom is -0.349 e. The third-order valence-electron chi connectivity index (χ3n) is 5.80. The van der Waals surface area contributed by atoms with Crippen LogP contribution in [0.1, 0.15) is 23.2 Å². The van der Waals surface area contributed by atoms with Gasteiger partial charge in [-0.25, -0.2) is 0 Å². The molecule has 3 saturated heterocycles. The lowest BCUT2D eigenvalue weighted by atomic mass is 9.65. The van der Waals surface area contributed by atoms with E-state index in [0.717, 1.165) is 11.5 Å². The Morgan fingerprint density at radius 3 is 2.73 bits per heavy atom. The molecular weight excluding hydrogens is 292 g/mol. The van der Waals surface area contributed by atoms with Crippen molar-refractivity contribution in [3.63, 3.8) is 0 Å². The Bertz CT molecular complexity index is 710. The smallest absolute Gasteiger partial charge is 0.251 e. The lowest BCUT2D eigenvalue weighted by molar-refractivity contribution is -0.0418. The molecule has 1 aliphatic carbocycles. The Kier molecular flexibility index (Phi) is 2.86. The summed E-state index contributed by atoms with van der Waals surface area (Å²) in [7, 11) is 0. The maximum Gasteiger partial charge on any atom is 0.251 e. The van der Waals surface area contributed by atoms with Crippen molar-refractivity contribution in [3.8, 4) is 0 Å². The van der Waals surface area contributed by atoms with Crippen molar-refractivity contribution in [3.05, 3.63) is 35.2 Å². The van der Waals surface area contributed by atoms with E-state index in [4.69, 9.17) is 0 Å². The molecule has 0 spiro atoms. The van der Waals surface area contributed by atoms with Crippen LogP contribution >= 0.6 is 11.3 Å². The third-order valence-corrected chi connectivity index (χ3v) is 6.70. The minimum atomic E-state index is 0.112. The summed E-state index contributed by atoms with van der Waals surface area (Å²) in [5.74, 6) is 2.33. The summed E-state index contributed by atoms with van der Waals surface area (Å²) >= 11 is 1.72. The molecule has 4 heteroatoms. The fourth-order valence-corrected chi connectivity index (χ4v) is 5.76. The number of carbonyl (C=O) groups is 1. The average Bonchev–Trinajstić information content (AvgIpc) is 2.97. The summed E-state index contributed by atoms with van der Waals surface area (Å²) in [5.41, 5.74) is 0.806. The number of piperidine rings is 3. The summed E-state index contributed by atoms with van der Waals surface area (Å²) in [5, 5.41) is 6.63. The molecule has 1 amide bonds. The standard InChI is InChI=1S/C18H20N2OS/c21-18(13-1-2-16-12(7-13)3-4-22-16)19-17-14-5-11-6-15(17)10-20(8-11)9-14/h1-4,7,11,14-15,17H,5-6,8-10H2,(H,19,21)/t11?,14-,15-,17?/m0/s1. The Labute approximate surface area is 134 Å². The number of carbonyl (C=O) groups excluding carboxylic acids is 1. The summed E-state index contributed by atoms with van der Waals surface area (Å²) in [6.07, 6.45) is 2.61. The number of nitrogens with zero attached hydrogens (tertiary/aromatic N) is 1.